The van der Waals surface area contributed by atoms with Gasteiger partial charge < -0.3 is 10.1 Å². The molecule has 10 heteroatoms. The highest BCUT2D eigenvalue weighted by molar-refractivity contribution is 6.31. The van der Waals surface area contributed by atoms with Crippen LogP contribution in [-0.2, 0) is 6.18 Å². The molecule has 0 aliphatic carbocycles. The van der Waals surface area contributed by atoms with Gasteiger partial charge in [0.1, 0.15) is 5.75 Å². The zero-order valence-electron chi connectivity index (χ0n) is 12.6. The summed E-state index contributed by atoms with van der Waals surface area (Å²) in [5, 5.41) is 12.5. The van der Waals surface area contributed by atoms with Crippen molar-refractivity contribution in [1.82, 2.24) is 0 Å². The van der Waals surface area contributed by atoms with E-state index in [1.165, 1.54) is 19.2 Å². The van der Waals surface area contributed by atoms with Crippen LogP contribution in [0.3, 0.4) is 0 Å². The van der Waals surface area contributed by atoms with Gasteiger partial charge in [-0.1, -0.05) is 11.6 Å². The van der Waals surface area contributed by atoms with Gasteiger partial charge in [0.05, 0.1) is 28.2 Å². The van der Waals surface area contributed by atoms with Crippen molar-refractivity contribution < 1.29 is 27.6 Å². The zero-order valence-corrected chi connectivity index (χ0v) is 13.3. The lowest BCUT2D eigenvalue weighted by molar-refractivity contribution is -0.384. The molecule has 0 aromatic heterocycles. The van der Waals surface area contributed by atoms with Crippen LogP contribution in [0, 0.1) is 10.1 Å². The summed E-state index contributed by atoms with van der Waals surface area (Å²) >= 11 is 5.51. The molecule has 0 aliphatic rings. The van der Waals surface area contributed by atoms with Crippen molar-refractivity contribution in [3.8, 4) is 5.75 Å². The van der Waals surface area contributed by atoms with E-state index >= 15 is 0 Å². The van der Waals surface area contributed by atoms with E-state index in [0.717, 1.165) is 18.2 Å². The molecule has 0 saturated carbocycles. The number of ether oxygens (including phenoxy) is 1. The fourth-order valence-corrected chi connectivity index (χ4v) is 2.23. The molecule has 0 aliphatic heterocycles. The molecule has 1 amide bonds. The van der Waals surface area contributed by atoms with Gasteiger partial charge in [-0.3, -0.25) is 14.9 Å². The largest absolute Gasteiger partial charge is 0.496 e. The summed E-state index contributed by atoms with van der Waals surface area (Å²) < 4.78 is 43.5. The Morgan fingerprint density at radius 3 is 2.48 bits per heavy atom. The maximum absolute atomic E-state index is 12.9. The van der Waals surface area contributed by atoms with Gasteiger partial charge in [0.15, 0.2) is 0 Å². The third-order valence-corrected chi connectivity index (χ3v) is 3.50. The third-order valence-electron chi connectivity index (χ3n) is 3.17. The first-order valence-electron chi connectivity index (χ1n) is 6.64. The van der Waals surface area contributed by atoms with E-state index in [0.29, 0.717) is 6.07 Å². The number of nitro benzene ring substituents is 1. The minimum Gasteiger partial charge on any atom is -0.496 e. The summed E-state index contributed by atoms with van der Waals surface area (Å²) in [6.07, 6.45) is -4.69. The Morgan fingerprint density at radius 1 is 1.24 bits per heavy atom. The molecule has 0 unspecified atom stereocenters. The van der Waals surface area contributed by atoms with Crippen LogP contribution < -0.4 is 10.1 Å². The van der Waals surface area contributed by atoms with Gasteiger partial charge >= 0.3 is 6.18 Å². The van der Waals surface area contributed by atoms with Crippen LogP contribution in [0.1, 0.15) is 15.9 Å². The molecule has 2 rings (SSSR count). The van der Waals surface area contributed by atoms with Crippen molar-refractivity contribution in [3.63, 3.8) is 0 Å². The topological polar surface area (TPSA) is 81.5 Å². The highest BCUT2D eigenvalue weighted by atomic mass is 35.5. The molecule has 0 atom stereocenters. The van der Waals surface area contributed by atoms with Crippen LogP contribution in [0.4, 0.5) is 24.5 Å². The van der Waals surface area contributed by atoms with Crippen LogP contribution in [0.5, 0.6) is 5.75 Å². The second kappa shape index (κ2) is 6.98. The van der Waals surface area contributed by atoms with E-state index in [-0.39, 0.29) is 22.7 Å². The van der Waals surface area contributed by atoms with Crippen molar-refractivity contribution in [3.05, 3.63) is 62.7 Å². The molecule has 132 valence electrons. The number of hydrogen-bond donors (Lipinski definition) is 1. The van der Waals surface area contributed by atoms with E-state index < -0.39 is 27.6 Å². The van der Waals surface area contributed by atoms with Gasteiger partial charge in [-0.15, -0.1) is 0 Å². The van der Waals surface area contributed by atoms with Crippen LogP contribution in [0.2, 0.25) is 5.02 Å². The number of amides is 1. The minimum absolute atomic E-state index is 0.0353. The van der Waals surface area contributed by atoms with E-state index in [1.54, 1.807) is 0 Å². The predicted octanol–water partition coefficient (Wildman–Crippen LogP) is 4.53. The lowest BCUT2D eigenvalue weighted by Gasteiger charge is -2.13. The second-order valence-corrected chi connectivity index (χ2v) is 5.20. The van der Waals surface area contributed by atoms with Gasteiger partial charge in [-0.25, -0.2) is 0 Å². The number of carbonyl (C=O) groups excluding carboxylic acids is 1. The Kier molecular flexibility index (Phi) is 5.17. The van der Waals surface area contributed by atoms with Gasteiger partial charge in [0.25, 0.3) is 11.6 Å². The summed E-state index contributed by atoms with van der Waals surface area (Å²) in [5.41, 5.74) is -1.84. The van der Waals surface area contributed by atoms with Crippen LogP contribution in [0.25, 0.3) is 0 Å². The lowest BCUT2D eigenvalue weighted by atomic mass is 10.1. The van der Waals surface area contributed by atoms with Gasteiger partial charge in [-0.05, 0) is 24.3 Å². The van der Waals surface area contributed by atoms with Crippen molar-refractivity contribution >= 4 is 28.9 Å². The molecular weight excluding hydrogens is 365 g/mol. The third kappa shape index (κ3) is 4.18. The molecule has 0 fully saturated rings. The Bertz CT molecular complexity index is 840. The quantitative estimate of drug-likeness (QED) is 0.629. The molecule has 0 spiro atoms. The maximum Gasteiger partial charge on any atom is 0.417 e. The van der Waals surface area contributed by atoms with Crippen LogP contribution in [0.15, 0.2) is 36.4 Å². The number of methoxy groups -OCH3 is 1. The van der Waals surface area contributed by atoms with Crippen molar-refractivity contribution in [2.75, 3.05) is 12.4 Å². The van der Waals surface area contributed by atoms with E-state index in [4.69, 9.17) is 16.3 Å². The number of carbonyl (C=O) groups is 1. The number of nitro groups is 1. The van der Waals surface area contributed by atoms with E-state index in [2.05, 4.69) is 5.32 Å². The second-order valence-electron chi connectivity index (χ2n) is 4.79. The van der Waals surface area contributed by atoms with Gasteiger partial charge in [-0.2, -0.15) is 13.2 Å². The first-order valence-corrected chi connectivity index (χ1v) is 7.02. The number of nitrogens with zero attached hydrogens (tertiary/aromatic N) is 1. The monoisotopic (exact) mass is 374 g/mol. The summed E-state index contributed by atoms with van der Waals surface area (Å²) in [6.45, 7) is 0. The van der Waals surface area contributed by atoms with Gasteiger partial charge in [0, 0.05) is 17.8 Å². The number of benzene rings is 2. The smallest absolute Gasteiger partial charge is 0.417 e. The maximum atomic E-state index is 12.9. The average molecular weight is 375 g/mol. The molecular formula is C15H10ClF3N2O4. The molecule has 1 N–H and O–H groups in total. The van der Waals surface area contributed by atoms with Crippen molar-refractivity contribution in [2.24, 2.45) is 0 Å². The number of hydrogen-bond acceptors (Lipinski definition) is 4. The van der Waals surface area contributed by atoms with Crippen molar-refractivity contribution in [1.29, 1.82) is 0 Å². The summed E-state index contributed by atoms with van der Waals surface area (Å²) in [4.78, 5) is 22.4. The van der Waals surface area contributed by atoms with Crippen LogP contribution in [-0.4, -0.2) is 17.9 Å². The molecule has 0 saturated heterocycles. The molecule has 0 heterocycles. The zero-order chi connectivity index (χ0) is 18.8. The Labute approximate surface area is 144 Å². The van der Waals surface area contributed by atoms with Crippen LogP contribution >= 0.6 is 11.6 Å². The Hall–Kier alpha value is -2.81. The standard InChI is InChI=1S/C15H10ClF3N2O4/c1-25-13-5-3-9(21(23)24)7-10(13)14(22)20-8-2-4-12(16)11(6-8)15(17,18)19/h2-7H,1H3,(H,20,22). The SMILES string of the molecule is COc1ccc([N+](=O)[O-])cc1C(=O)Nc1ccc(Cl)c(C(F)(F)F)c1. The number of alkyl halides is 3. The van der Waals surface area contributed by atoms with Gasteiger partial charge in [0.2, 0.25) is 0 Å². The van der Waals surface area contributed by atoms with E-state index in [9.17, 15) is 28.1 Å². The number of halogens is 4. The molecule has 2 aromatic carbocycles. The molecule has 25 heavy (non-hydrogen) atoms. The highest BCUT2D eigenvalue weighted by Crippen LogP contribution is 2.36. The summed E-state index contributed by atoms with van der Waals surface area (Å²) in [7, 11) is 1.25. The normalized spacial score (nSPS) is 11.1. The average Bonchev–Trinajstić information content (AvgIpc) is 2.54. The molecule has 0 radical (unpaired) electrons. The number of rotatable bonds is 4. The molecule has 6 nitrogen and oxygen atoms in total. The number of nitrogens with one attached hydrogen (secondary N) is 1. The summed E-state index contributed by atoms with van der Waals surface area (Å²) in [5.74, 6) is -0.830. The molecule has 0 bridgehead atoms. The molecule has 2 aromatic rings. The lowest BCUT2D eigenvalue weighted by Crippen LogP contribution is -2.15. The number of non-ortho nitro benzene ring substituents is 1. The predicted molar refractivity (Wildman–Crippen MR) is 84.1 cm³/mol. The Morgan fingerprint density at radius 2 is 1.92 bits per heavy atom. The minimum atomic E-state index is -4.69. The van der Waals surface area contributed by atoms with E-state index in [1.807, 2.05) is 0 Å². The fraction of sp³-hybridized carbons (Fsp3) is 0.133. The van der Waals surface area contributed by atoms with Crippen molar-refractivity contribution in [2.45, 2.75) is 6.18 Å². The fourth-order valence-electron chi connectivity index (χ4n) is 2.01. The summed E-state index contributed by atoms with van der Waals surface area (Å²) in [6, 6.07) is 6.17. The number of anilines is 1. The Balaban J connectivity index is 2.37. The first-order chi connectivity index (χ1) is 11.6. The highest BCUT2D eigenvalue weighted by Gasteiger charge is 2.33. The first kappa shape index (κ1) is 18.5.